The first-order valence-electron chi connectivity index (χ1n) is 6.73. The zero-order chi connectivity index (χ0) is 13.9. The minimum absolute atomic E-state index is 0.00189. The molecule has 0 unspecified atom stereocenters. The van der Waals surface area contributed by atoms with Crippen molar-refractivity contribution in [2.75, 3.05) is 6.54 Å². The number of aromatic nitrogens is 2. The van der Waals surface area contributed by atoms with Gasteiger partial charge in [-0.25, -0.2) is 4.98 Å². The van der Waals surface area contributed by atoms with Crippen LogP contribution in [0.4, 0.5) is 0 Å². The quantitative estimate of drug-likeness (QED) is 0.848. The minimum Gasteiger partial charge on any atom is -0.312 e. The summed E-state index contributed by atoms with van der Waals surface area (Å²) in [5, 5.41) is 3.20. The van der Waals surface area contributed by atoms with Crippen molar-refractivity contribution in [1.82, 2.24) is 15.3 Å². The molecule has 2 aromatic rings. The molecule has 2 heterocycles. The molecule has 0 radical (unpaired) electrons. The van der Waals surface area contributed by atoms with Crippen molar-refractivity contribution in [2.45, 2.75) is 30.5 Å². The molecule has 0 spiro atoms. The van der Waals surface area contributed by atoms with Crippen LogP contribution < -0.4 is 10.9 Å². The van der Waals surface area contributed by atoms with Gasteiger partial charge >= 0.3 is 0 Å². The molecular formula is C15H17N3OS. The van der Waals surface area contributed by atoms with E-state index in [-0.39, 0.29) is 5.56 Å². The van der Waals surface area contributed by atoms with Crippen molar-refractivity contribution in [3.63, 3.8) is 0 Å². The molecule has 2 N–H and O–H groups in total. The molecule has 20 heavy (non-hydrogen) atoms. The average Bonchev–Trinajstić information content (AvgIpc) is 2.45. The van der Waals surface area contributed by atoms with Crippen LogP contribution in [0.1, 0.15) is 22.6 Å². The molecule has 4 nitrogen and oxygen atoms in total. The van der Waals surface area contributed by atoms with Crippen LogP contribution in [0.15, 0.2) is 34.0 Å². The molecule has 3 rings (SSSR count). The van der Waals surface area contributed by atoms with E-state index >= 15 is 0 Å². The third-order valence-corrected chi connectivity index (χ3v) is 4.36. The normalized spacial score (nSPS) is 14.1. The molecule has 1 aliphatic rings. The lowest BCUT2D eigenvalue weighted by Gasteiger charge is -2.15. The van der Waals surface area contributed by atoms with E-state index in [1.807, 2.05) is 6.07 Å². The third kappa shape index (κ3) is 2.94. The smallest absolute Gasteiger partial charge is 0.255 e. The summed E-state index contributed by atoms with van der Waals surface area (Å²) in [6, 6.07) is 8.35. The number of H-pyrrole nitrogens is 1. The highest BCUT2D eigenvalue weighted by Crippen LogP contribution is 2.22. The number of nitrogens with one attached hydrogen (secondary N) is 2. The monoisotopic (exact) mass is 287 g/mol. The number of aromatic amines is 1. The Balaban J connectivity index is 1.78. The molecule has 0 amide bonds. The molecule has 0 atom stereocenters. The van der Waals surface area contributed by atoms with Crippen LogP contribution in [0.25, 0.3) is 0 Å². The average molecular weight is 287 g/mol. The number of benzene rings is 1. The number of aryl methyl sites for hydroxylation is 1. The highest BCUT2D eigenvalue weighted by atomic mass is 32.2. The maximum atomic E-state index is 12.0. The number of hydrogen-bond donors (Lipinski definition) is 2. The van der Waals surface area contributed by atoms with Gasteiger partial charge in [0.1, 0.15) is 5.82 Å². The Kier molecular flexibility index (Phi) is 3.89. The Morgan fingerprint density at radius 3 is 3.15 bits per heavy atom. The highest BCUT2D eigenvalue weighted by molar-refractivity contribution is 7.98. The fourth-order valence-electron chi connectivity index (χ4n) is 2.33. The lowest BCUT2D eigenvalue weighted by Crippen LogP contribution is -2.32. The van der Waals surface area contributed by atoms with Crippen LogP contribution in [0, 0.1) is 6.92 Å². The van der Waals surface area contributed by atoms with E-state index in [0.29, 0.717) is 12.3 Å². The van der Waals surface area contributed by atoms with Crippen molar-refractivity contribution in [3.05, 3.63) is 57.3 Å². The summed E-state index contributed by atoms with van der Waals surface area (Å²) in [6.07, 6.45) is 0.835. The molecule has 1 aromatic carbocycles. The number of rotatable bonds is 3. The van der Waals surface area contributed by atoms with Crippen LogP contribution in [-0.4, -0.2) is 16.5 Å². The zero-order valence-electron chi connectivity index (χ0n) is 11.4. The summed E-state index contributed by atoms with van der Waals surface area (Å²) in [5.74, 6) is 1.46. The van der Waals surface area contributed by atoms with Gasteiger partial charge in [-0.3, -0.25) is 4.79 Å². The van der Waals surface area contributed by atoms with E-state index in [0.717, 1.165) is 30.0 Å². The summed E-state index contributed by atoms with van der Waals surface area (Å²) in [6.45, 7) is 3.60. The SMILES string of the molecule is Cc1cccc(SCc2nc3c(c(=O)[nH]2)CNCC3)c1. The second-order valence-electron chi connectivity index (χ2n) is 4.97. The number of thioether (sulfide) groups is 1. The van der Waals surface area contributed by atoms with Crippen molar-refractivity contribution in [2.24, 2.45) is 0 Å². The second-order valence-corrected chi connectivity index (χ2v) is 6.02. The summed E-state index contributed by atoms with van der Waals surface area (Å²) in [5.41, 5.74) is 2.99. The maximum absolute atomic E-state index is 12.0. The lowest BCUT2D eigenvalue weighted by molar-refractivity contribution is 0.616. The van der Waals surface area contributed by atoms with E-state index in [1.165, 1.54) is 10.5 Å². The number of nitrogens with zero attached hydrogens (tertiary/aromatic N) is 1. The van der Waals surface area contributed by atoms with Gasteiger partial charge in [0.15, 0.2) is 0 Å². The van der Waals surface area contributed by atoms with Gasteiger partial charge in [0.05, 0.1) is 17.0 Å². The van der Waals surface area contributed by atoms with Crippen molar-refractivity contribution in [3.8, 4) is 0 Å². The summed E-state index contributed by atoms with van der Waals surface area (Å²) in [4.78, 5) is 20.7. The van der Waals surface area contributed by atoms with Gasteiger partial charge in [0.25, 0.3) is 5.56 Å². The summed E-state index contributed by atoms with van der Waals surface area (Å²) >= 11 is 1.70. The van der Waals surface area contributed by atoms with Gasteiger partial charge in [-0.05, 0) is 19.1 Å². The van der Waals surface area contributed by atoms with Gasteiger partial charge in [-0.1, -0.05) is 17.7 Å². The maximum Gasteiger partial charge on any atom is 0.255 e. The molecule has 5 heteroatoms. The molecule has 104 valence electrons. The third-order valence-electron chi connectivity index (χ3n) is 3.36. The van der Waals surface area contributed by atoms with Crippen molar-refractivity contribution in [1.29, 1.82) is 0 Å². The Labute approximate surface area is 122 Å². The first kappa shape index (κ1) is 13.4. The van der Waals surface area contributed by atoms with Gasteiger partial charge in [0, 0.05) is 24.4 Å². The Bertz CT molecular complexity index is 681. The number of hydrogen-bond acceptors (Lipinski definition) is 4. The van der Waals surface area contributed by atoms with Crippen LogP contribution in [0.2, 0.25) is 0 Å². The van der Waals surface area contributed by atoms with E-state index in [2.05, 4.69) is 40.4 Å². The topological polar surface area (TPSA) is 57.8 Å². The molecule has 1 aromatic heterocycles. The van der Waals surface area contributed by atoms with E-state index in [4.69, 9.17) is 0 Å². The molecule has 0 saturated carbocycles. The fraction of sp³-hybridized carbons (Fsp3) is 0.333. The molecule has 1 aliphatic heterocycles. The van der Waals surface area contributed by atoms with Crippen LogP contribution in [0.3, 0.4) is 0 Å². The summed E-state index contributed by atoms with van der Waals surface area (Å²) < 4.78 is 0. The van der Waals surface area contributed by atoms with Gasteiger partial charge in [-0.2, -0.15) is 0 Å². The Hall–Kier alpha value is -1.59. The minimum atomic E-state index is 0.00189. The lowest BCUT2D eigenvalue weighted by atomic mass is 10.1. The van der Waals surface area contributed by atoms with Crippen molar-refractivity contribution < 1.29 is 0 Å². The van der Waals surface area contributed by atoms with E-state index in [9.17, 15) is 4.79 Å². The molecule has 0 bridgehead atoms. The second kappa shape index (κ2) is 5.81. The standard InChI is InChI=1S/C15H17N3OS/c1-10-3-2-4-11(7-10)20-9-14-17-13-5-6-16-8-12(13)15(19)18-14/h2-4,7,16H,5-6,8-9H2,1H3,(H,17,18,19). The fourth-order valence-corrected chi connectivity index (χ4v) is 3.21. The van der Waals surface area contributed by atoms with E-state index in [1.54, 1.807) is 11.8 Å². The Morgan fingerprint density at radius 1 is 1.40 bits per heavy atom. The Morgan fingerprint density at radius 2 is 2.30 bits per heavy atom. The van der Waals surface area contributed by atoms with Crippen molar-refractivity contribution >= 4 is 11.8 Å². The molecular weight excluding hydrogens is 270 g/mol. The summed E-state index contributed by atoms with van der Waals surface area (Å²) in [7, 11) is 0. The largest absolute Gasteiger partial charge is 0.312 e. The van der Waals surface area contributed by atoms with Crippen LogP contribution in [0.5, 0.6) is 0 Å². The predicted molar refractivity (Wildman–Crippen MR) is 81.0 cm³/mol. The van der Waals surface area contributed by atoms with E-state index < -0.39 is 0 Å². The zero-order valence-corrected chi connectivity index (χ0v) is 12.2. The van der Waals surface area contributed by atoms with Gasteiger partial charge in [-0.15, -0.1) is 11.8 Å². The molecule has 0 saturated heterocycles. The molecule has 0 fully saturated rings. The number of fused-ring (bicyclic) bond motifs is 1. The predicted octanol–water partition coefficient (Wildman–Crippen LogP) is 2.02. The van der Waals surface area contributed by atoms with Crippen LogP contribution >= 0.6 is 11.8 Å². The first-order chi connectivity index (χ1) is 9.72. The highest BCUT2D eigenvalue weighted by Gasteiger charge is 2.14. The first-order valence-corrected chi connectivity index (χ1v) is 7.72. The van der Waals surface area contributed by atoms with Gasteiger partial charge < -0.3 is 10.3 Å². The van der Waals surface area contributed by atoms with Crippen LogP contribution in [-0.2, 0) is 18.7 Å². The van der Waals surface area contributed by atoms with Gasteiger partial charge in [0.2, 0.25) is 0 Å². The molecule has 0 aliphatic carbocycles.